The molecule has 0 bridgehead atoms. The van der Waals surface area contributed by atoms with Gasteiger partial charge in [-0.05, 0) is 24.3 Å². The molecule has 0 amide bonds. The highest BCUT2D eigenvalue weighted by Crippen LogP contribution is 2.25. The second-order valence-corrected chi connectivity index (χ2v) is 4.10. The summed E-state index contributed by atoms with van der Waals surface area (Å²) in [6, 6.07) is 11.4. The molecule has 3 rings (SSSR count). The van der Waals surface area contributed by atoms with Crippen molar-refractivity contribution in [1.29, 1.82) is 0 Å². The van der Waals surface area contributed by atoms with Crippen LogP contribution in [0.15, 0.2) is 36.4 Å². The van der Waals surface area contributed by atoms with Crippen molar-refractivity contribution in [1.82, 2.24) is 15.2 Å². The molecule has 0 saturated heterocycles. The number of nitrogens with one attached hydrogen (secondary N) is 1. The number of hydrogen-bond donors (Lipinski definition) is 2. The smallest absolute Gasteiger partial charge is 0.153 e. The Morgan fingerprint density at radius 2 is 2.06 bits per heavy atom. The zero-order valence-corrected chi connectivity index (χ0v) is 9.57. The van der Waals surface area contributed by atoms with Gasteiger partial charge in [0.1, 0.15) is 5.15 Å². The molecule has 3 N–H and O–H groups in total. The van der Waals surface area contributed by atoms with Crippen molar-refractivity contribution in [3.8, 4) is 11.3 Å². The van der Waals surface area contributed by atoms with Crippen molar-refractivity contribution >= 4 is 28.3 Å². The molecule has 2 aromatic heterocycles. The number of hydrogen-bond acceptors (Lipinski definition) is 3. The van der Waals surface area contributed by atoms with Crippen molar-refractivity contribution in [3.63, 3.8) is 0 Å². The Morgan fingerprint density at radius 3 is 2.88 bits per heavy atom. The zero-order valence-electron chi connectivity index (χ0n) is 8.81. The minimum absolute atomic E-state index is 0.475. The molecule has 2 heterocycles. The highest BCUT2D eigenvalue weighted by atomic mass is 35.5. The van der Waals surface area contributed by atoms with E-state index in [0.29, 0.717) is 11.0 Å². The summed E-state index contributed by atoms with van der Waals surface area (Å²) in [4.78, 5) is 4.26. The number of pyridine rings is 1. The fraction of sp³-hybridized carbons (Fsp3) is 0. The quantitative estimate of drug-likeness (QED) is 0.647. The van der Waals surface area contributed by atoms with E-state index in [1.807, 2.05) is 30.3 Å². The first-order chi connectivity index (χ1) is 8.24. The number of aromatic amines is 1. The lowest BCUT2D eigenvalue weighted by molar-refractivity contribution is 1.13. The molecule has 3 aromatic rings. The van der Waals surface area contributed by atoms with Crippen LogP contribution in [0.1, 0.15) is 0 Å². The van der Waals surface area contributed by atoms with Crippen LogP contribution in [0.25, 0.3) is 22.2 Å². The van der Waals surface area contributed by atoms with Gasteiger partial charge in [0.05, 0.1) is 11.2 Å². The van der Waals surface area contributed by atoms with Crippen molar-refractivity contribution in [3.05, 3.63) is 41.6 Å². The summed E-state index contributed by atoms with van der Waals surface area (Å²) in [7, 11) is 0. The number of nitrogen functional groups attached to an aromatic ring is 1. The fourth-order valence-electron chi connectivity index (χ4n) is 1.76. The van der Waals surface area contributed by atoms with Crippen LogP contribution in [0.4, 0.5) is 5.82 Å². The molecule has 0 spiro atoms. The Hall–Kier alpha value is -2.07. The number of anilines is 1. The van der Waals surface area contributed by atoms with Crippen LogP contribution >= 0.6 is 11.6 Å². The summed E-state index contributed by atoms with van der Waals surface area (Å²) >= 11 is 5.87. The van der Waals surface area contributed by atoms with Gasteiger partial charge < -0.3 is 5.73 Å². The van der Waals surface area contributed by atoms with E-state index in [1.165, 1.54) is 0 Å². The van der Waals surface area contributed by atoms with Gasteiger partial charge in [0.2, 0.25) is 0 Å². The number of nitrogens with two attached hydrogens (primary N) is 1. The third-order valence-corrected chi connectivity index (χ3v) is 2.81. The van der Waals surface area contributed by atoms with Gasteiger partial charge in [-0.25, -0.2) is 4.98 Å². The van der Waals surface area contributed by atoms with E-state index in [0.717, 1.165) is 22.2 Å². The average molecular weight is 245 g/mol. The molecule has 0 aliphatic rings. The van der Waals surface area contributed by atoms with Crippen molar-refractivity contribution in [2.75, 3.05) is 5.73 Å². The van der Waals surface area contributed by atoms with Crippen LogP contribution in [-0.2, 0) is 0 Å². The number of benzene rings is 1. The van der Waals surface area contributed by atoms with Gasteiger partial charge in [-0.15, -0.1) is 0 Å². The van der Waals surface area contributed by atoms with Gasteiger partial charge >= 0.3 is 0 Å². The van der Waals surface area contributed by atoms with Gasteiger partial charge in [0, 0.05) is 10.9 Å². The Morgan fingerprint density at radius 1 is 1.18 bits per heavy atom. The van der Waals surface area contributed by atoms with Crippen molar-refractivity contribution in [2.45, 2.75) is 0 Å². The molecule has 0 unspecified atom stereocenters. The maximum atomic E-state index is 5.87. The molecular weight excluding hydrogens is 236 g/mol. The number of nitrogens with zero attached hydrogens (tertiary/aromatic N) is 2. The predicted octanol–water partition coefficient (Wildman–Crippen LogP) is 2.86. The van der Waals surface area contributed by atoms with E-state index in [9.17, 15) is 0 Å². The zero-order chi connectivity index (χ0) is 11.8. The molecule has 17 heavy (non-hydrogen) atoms. The Labute approximate surface area is 102 Å². The summed E-state index contributed by atoms with van der Waals surface area (Å²) in [6.45, 7) is 0. The largest absolute Gasteiger partial charge is 0.382 e. The van der Waals surface area contributed by atoms with E-state index < -0.39 is 0 Å². The van der Waals surface area contributed by atoms with Gasteiger partial charge in [0.25, 0.3) is 0 Å². The Balaban J connectivity index is 2.20. The third kappa shape index (κ3) is 1.72. The molecule has 84 valence electrons. The lowest BCUT2D eigenvalue weighted by Gasteiger charge is -2.01. The van der Waals surface area contributed by atoms with E-state index >= 15 is 0 Å². The molecule has 0 aliphatic heterocycles. The van der Waals surface area contributed by atoms with E-state index in [4.69, 9.17) is 17.3 Å². The Kier molecular flexibility index (Phi) is 2.23. The first kappa shape index (κ1) is 10.1. The second-order valence-electron chi connectivity index (χ2n) is 3.71. The van der Waals surface area contributed by atoms with Gasteiger partial charge in [0.15, 0.2) is 5.82 Å². The molecule has 1 aromatic carbocycles. The van der Waals surface area contributed by atoms with Crippen LogP contribution in [0, 0.1) is 0 Å². The summed E-state index contributed by atoms with van der Waals surface area (Å²) in [6.07, 6.45) is 0. The van der Waals surface area contributed by atoms with Crippen LogP contribution in [0.2, 0.25) is 5.15 Å². The van der Waals surface area contributed by atoms with Crippen LogP contribution in [-0.4, -0.2) is 15.2 Å². The summed E-state index contributed by atoms with van der Waals surface area (Å²) in [5.74, 6) is 0.490. The number of halogens is 1. The fourth-order valence-corrected chi connectivity index (χ4v) is 1.93. The maximum absolute atomic E-state index is 5.87. The topological polar surface area (TPSA) is 67.6 Å². The first-order valence-corrected chi connectivity index (χ1v) is 5.48. The Bertz CT molecular complexity index is 690. The first-order valence-electron chi connectivity index (χ1n) is 5.10. The van der Waals surface area contributed by atoms with Gasteiger partial charge in [-0.3, -0.25) is 5.10 Å². The van der Waals surface area contributed by atoms with Crippen LogP contribution in [0.3, 0.4) is 0 Å². The lowest BCUT2D eigenvalue weighted by atomic mass is 10.1. The maximum Gasteiger partial charge on any atom is 0.153 e. The van der Waals surface area contributed by atoms with E-state index in [-0.39, 0.29) is 0 Å². The SMILES string of the molecule is Nc1n[nH]c2ccc(-c3cccc(Cl)n3)cc12. The predicted molar refractivity (Wildman–Crippen MR) is 68.7 cm³/mol. The molecule has 0 atom stereocenters. The minimum atomic E-state index is 0.475. The molecule has 0 radical (unpaired) electrons. The molecule has 5 heteroatoms. The standard InChI is InChI=1S/C12H9ClN4/c13-11-3-1-2-9(15-11)7-4-5-10-8(6-7)12(14)17-16-10/h1-6H,(H3,14,16,17). The highest BCUT2D eigenvalue weighted by Gasteiger charge is 2.05. The van der Waals surface area contributed by atoms with Gasteiger partial charge in [-0.1, -0.05) is 23.7 Å². The molecule has 0 aliphatic carbocycles. The molecular formula is C12H9ClN4. The highest BCUT2D eigenvalue weighted by molar-refractivity contribution is 6.29. The molecule has 0 saturated carbocycles. The van der Waals surface area contributed by atoms with Crippen molar-refractivity contribution in [2.24, 2.45) is 0 Å². The van der Waals surface area contributed by atoms with Gasteiger partial charge in [-0.2, -0.15) is 5.10 Å². The monoisotopic (exact) mass is 244 g/mol. The van der Waals surface area contributed by atoms with Crippen molar-refractivity contribution < 1.29 is 0 Å². The summed E-state index contributed by atoms with van der Waals surface area (Å²) < 4.78 is 0. The lowest BCUT2D eigenvalue weighted by Crippen LogP contribution is -1.86. The second kappa shape index (κ2) is 3.75. The van der Waals surface area contributed by atoms with E-state index in [2.05, 4.69) is 15.2 Å². The number of aromatic nitrogens is 3. The third-order valence-electron chi connectivity index (χ3n) is 2.60. The average Bonchev–Trinajstić information content (AvgIpc) is 2.71. The number of rotatable bonds is 1. The molecule has 0 fully saturated rings. The summed E-state index contributed by atoms with van der Waals surface area (Å²) in [5.41, 5.74) is 8.46. The number of fused-ring (bicyclic) bond motifs is 1. The van der Waals surface area contributed by atoms with Crippen LogP contribution < -0.4 is 5.73 Å². The minimum Gasteiger partial charge on any atom is -0.382 e. The van der Waals surface area contributed by atoms with E-state index in [1.54, 1.807) is 6.07 Å². The summed E-state index contributed by atoms with van der Waals surface area (Å²) in [5, 5.41) is 8.18. The normalized spacial score (nSPS) is 10.9. The molecule has 4 nitrogen and oxygen atoms in total. The van der Waals surface area contributed by atoms with Crippen LogP contribution in [0.5, 0.6) is 0 Å². The number of H-pyrrole nitrogens is 1.